The van der Waals surface area contributed by atoms with Crippen molar-refractivity contribution < 1.29 is 68.2 Å². The topological polar surface area (TPSA) is 161 Å². The van der Waals surface area contributed by atoms with E-state index in [0.29, 0.717) is 48.3 Å². The molecule has 0 saturated carbocycles. The molecule has 8 aromatic rings. The second kappa shape index (κ2) is 28.2. The molecular formula is C55H70BrN14O2PdRu2. The first-order valence-electron chi connectivity index (χ1n) is 24.3. The standard InChI is InChI=1S/C27H33N7O.C22H22BrN5O.C5H12N2.CH3.Pd.2Ru/c1-19-28-24(26-30-29-25(35-26)21-9-11-22(12-10-21)27(2,3)4)31-34(19)18-20-7-6-8-23(17-20)33-15-13-32(5)14-16-33;1-14-24-19(27-28(14)13-15-6-5-7-18(23)12-15)21-26-25-20(29-21)16-8-10-17(11-9-16)22(2,3)4;1-7-4-2-6-3-5-7;;;;/h6-12,17H,13-16,18H2,1-5H3;5-12H,13H2,1-4H3;6H,2-5H2,1H3;1H3;;;/q;;;-1;;;+1. The minimum Gasteiger partial charge on any atom is -0.413 e. The van der Waals surface area contributed by atoms with Gasteiger partial charge in [0.05, 0.1) is 13.1 Å². The molecule has 20 heteroatoms. The summed E-state index contributed by atoms with van der Waals surface area (Å²) in [4.78, 5) is 16.2. The summed E-state index contributed by atoms with van der Waals surface area (Å²) in [7, 11) is 4.33. The maximum Gasteiger partial charge on any atom is 1.00 e. The smallest absolute Gasteiger partial charge is 0.413 e. The van der Waals surface area contributed by atoms with Crippen molar-refractivity contribution in [3.63, 3.8) is 0 Å². The van der Waals surface area contributed by atoms with Gasteiger partial charge in [0.25, 0.3) is 11.8 Å². The SMILES string of the molecule is CN1CCNCC1.Cc1nc(-c2nnc(-c3ccc(C(C)(C)C)cc3)o2)nn1Cc1cccc(Br)c1.Cc1nc(-c2nnc(-c3ccc(C(C)(C)C)cc3)o2)nn1Cc1cccc(N2CCN(C)CC2)c1.[CH3-].[Pd].[Ru+].[Ru]. The van der Waals surface area contributed by atoms with Crippen LogP contribution in [0.1, 0.15) is 75.4 Å². The molecule has 0 atom stereocenters. The molecule has 1 N–H and O–H groups in total. The Balaban J connectivity index is 0.000000277. The Labute approximate surface area is 491 Å². The quantitative estimate of drug-likeness (QED) is 0.107. The van der Waals surface area contributed by atoms with Crippen molar-refractivity contribution in [3.8, 4) is 46.3 Å². The molecule has 16 nitrogen and oxygen atoms in total. The summed E-state index contributed by atoms with van der Waals surface area (Å²) in [5.41, 5.74) is 8.04. The summed E-state index contributed by atoms with van der Waals surface area (Å²) >= 11 is 3.50. The van der Waals surface area contributed by atoms with Crippen LogP contribution in [0.3, 0.4) is 0 Å². The number of nitrogens with zero attached hydrogens (tertiary/aromatic N) is 13. The van der Waals surface area contributed by atoms with E-state index in [9.17, 15) is 0 Å². The summed E-state index contributed by atoms with van der Waals surface area (Å²) in [6.07, 6.45) is 0. The monoisotopic (exact) mass is 1350 g/mol. The van der Waals surface area contributed by atoms with Crippen LogP contribution in [0.25, 0.3) is 46.3 Å². The molecule has 2 saturated heterocycles. The van der Waals surface area contributed by atoms with Crippen LogP contribution in [0, 0.1) is 21.3 Å². The summed E-state index contributed by atoms with van der Waals surface area (Å²) in [5.74, 6) is 4.04. The van der Waals surface area contributed by atoms with Gasteiger partial charge in [-0.05, 0) is 110 Å². The van der Waals surface area contributed by atoms with Gasteiger partial charge in [-0.25, -0.2) is 19.3 Å². The number of likely N-dealkylation sites (N-methyl/N-ethyl adjacent to an activating group) is 2. The van der Waals surface area contributed by atoms with Gasteiger partial charge in [-0.1, -0.05) is 106 Å². The van der Waals surface area contributed by atoms with E-state index in [1.54, 1.807) is 0 Å². The molecule has 4 aromatic heterocycles. The molecule has 0 amide bonds. The number of aromatic nitrogens is 10. The average Bonchev–Trinajstić information content (AvgIpc) is 4.18. The maximum atomic E-state index is 5.94. The van der Waals surface area contributed by atoms with Crippen molar-refractivity contribution in [3.05, 3.63) is 143 Å². The van der Waals surface area contributed by atoms with Crippen LogP contribution < -0.4 is 10.2 Å². The van der Waals surface area contributed by atoms with E-state index >= 15 is 0 Å². The van der Waals surface area contributed by atoms with Gasteiger partial charge in [0.15, 0.2) is 0 Å². The summed E-state index contributed by atoms with van der Waals surface area (Å²) in [6.45, 7) is 27.3. The summed E-state index contributed by atoms with van der Waals surface area (Å²) in [5, 5.41) is 29.3. The van der Waals surface area contributed by atoms with Gasteiger partial charge in [0.1, 0.15) is 11.6 Å². The van der Waals surface area contributed by atoms with Crippen molar-refractivity contribution in [1.82, 2.24) is 65.0 Å². The molecule has 0 unspecified atom stereocenters. The Kier molecular flexibility index (Phi) is 23.7. The van der Waals surface area contributed by atoms with Crippen molar-refractivity contribution in [2.75, 3.05) is 71.4 Å². The van der Waals surface area contributed by atoms with Gasteiger partial charge in [-0.2, -0.15) is 0 Å². The van der Waals surface area contributed by atoms with E-state index in [4.69, 9.17) is 8.83 Å². The number of nitrogens with one attached hydrogen (secondary N) is 1. The number of halogens is 1. The third kappa shape index (κ3) is 17.3. The van der Waals surface area contributed by atoms with E-state index in [2.05, 4.69) is 193 Å². The molecule has 10 rings (SSSR count). The van der Waals surface area contributed by atoms with Gasteiger partial charge in [-0.15, -0.1) is 30.6 Å². The van der Waals surface area contributed by atoms with Crippen LogP contribution >= 0.6 is 15.9 Å². The minimum atomic E-state index is 0. The maximum absolute atomic E-state index is 5.94. The van der Waals surface area contributed by atoms with Crippen LogP contribution in [0.15, 0.2) is 110 Å². The Bertz CT molecular complexity index is 2990. The molecular weight excluding hydrogens is 1280 g/mol. The molecule has 405 valence electrons. The normalized spacial score (nSPS) is 13.9. The number of rotatable bonds is 9. The first-order chi connectivity index (χ1) is 33.9. The van der Waals surface area contributed by atoms with Crippen LogP contribution in [0.5, 0.6) is 0 Å². The van der Waals surface area contributed by atoms with Gasteiger partial charge >= 0.3 is 19.5 Å². The molecule has 1 radical (unpaired) electrons. The molecule has 6 heterocycles. The van der Waals surface area contributed by atoms with Crippen molar-refractivity contribution >= 4 is 21.6 Å². The number of piperazine rings is 2. The molecule has 0 aliphatic carbocycles. The Hall–Kier alpha value is -4.49. The molecule has 2 aliphatic rings. The predicted octanol–water partition coefficient (Wildman–Crippen LogP) is 9.78. The third-order valence-corrected chi connectivity index (χ3v) is 13.1. The Morgan fingerprint density at radius 2 is 0.973 bits per heavy atom. The molecule has 2 fully saturated rings. The van der Waals surface area contributed by atoms with E-state index in [-0.39, 0.29) is 77.6 Å². The number of benzene rings is 4. The fourth-order valence-electron chi connectivity index (χ4n) is 8.08. The fourth-order valence-corrected chi connectivity index (χ4v) is 8.53. The first kappa shape index (κ1) is 63.0. The predicted molar refractivity (Wildman–Crippen MR) is 290 cm³/mol. The van der Waals surface area contributed by atoms with Crippen LogP contribution in [-0.2, 0) is 83.3 Å². The molecule has 0 spiro atoms. The van der Waals surface area contributed by atoms with Gasteiger partial charge < -0.3 is 36.3 Å². The van der Waals surface area contributed by atoms with Gasteiger partial charge in [0.2, 0.25) is 23.4 Å². The largest absolute Gasteiger partial charge is 1.00 e. The second-order valence-electron chi connectivity index (χ2n) is 20.4. The Morgan fingerprint density at radius 3 is 1.39 bits per heavy atom. The van der Waals surface area contributed by atoms with Crippen molar-refractivity contribution in [2.24, 2.45) is 0 Å². The van der Waals surface area contributed by atoms with E-state index < -0.39 is 0 Å². The minimum absolute atomic E-state index is 0. The number of hydrogen-bond acceptors (Lipinski definition) is 14. The number of hydrogen-bond donors (Lipinski definition) is 1. The van der Waals surface area contributed by atoms with Crippen LogP contribution in [0.4, 0.5) is 5.69 Å². The molecule has 0 bridgehead atoms. The molecule has 75 heavy (non-hydrogen) atoms. The van der Waals surface area contributed by atoms with E-state index in [1.165, 1.54) is 35.5 Å². The van der Waals surface area contributed by atoms with Crippen molar-refractivity contribution in [1.29, 1.82) is 0 Å². The number of anilines is 1. The number of aryl methyl sites for hydroxylation is 2. The zero-order valence-electron chi connectivity index (χ0n) is 44.8. The zero-order valence-corrected chi connectivity index (χ0v) is 51.5. The molecule has 2 aliphatic heterocycles. The van der Waals surface area contributed by atoms with Crippen LogP contribution in [-0.4, -0.2) is 126 Å². The molecule has 4 aromatic carbocycles. The second-order valence-corrected chi connectivity index (χ2v) is 21.3. The third-order valence-electron chi connectivity index (χ3n) is 12.6. The summed E-state index contributed by atoms with van der Waals surface area (Å²) in [6, 6.07) is 33.2. The zero-order chi connectivity index (χ0) is 50.3. The average molecular weight is 1350 g/mol. The van der Waals surface area contributed by atoms with Crippen LogP contribution in [0.2, 0.25) is 0 Å². The van der Waals surface area contributed by atoms with Crippen molar-refractivity contribution in [2.45, 2.75) is 79.3 Å². The summed E-state index contributed by atoms with van der Waals surface area (Å²) < 4.78 is 16.5. The Morgan fingerprint density at radius 1 is 0.560 bits per heavy atom. The van der Waals surface area contributed by atoms with E-state index in [0.717, 1.165) is 72.1 Å². The van der Waals surface area contributed by atoms with E-state index in [1.807, 2.05) is 59.6 Å². The van der Waals surface area contributed by atoms with Gasteiger partial charge in [-0.3, -0.25) is 0 Å². The fraction of sp³-hybridized carbons (Fsp3) is 0.400. The first-order valence-corrected chi connectivity index (χ1v) is 25.1. The van der Waals surface area contributed by atoms with Gasteiger partial charge in [0, 0.05) is 114 Å².